The van der Waals surface area contributed by atoms with Crippen LogP contribution in [0.1, 0.15) is 56.7 Å². The predicted octanol–water partition coefficient (Wildman–Crippen LogP) is 2.35. The zero-order valence-corrected chi connectivity index (χ0v) is 12.7. The molecule has 0 aromatic carbocycles. The summed E-state index contributed by atoms with van der Waals surface area (Å²) in [5.74, 6) is 0.518. The van der Waals surface area contributed by atoms with E-state index in [4.69, 9.17) is 5.73 Å². The minimum Gasteiger partial charge on any atom is -0.395 e. The average Bonchev–Trinajstić information content (AvgIpc) is 2.62. The Morgan fingerprint density at radius 3 is 2.53 bits per heavy atom. The van der Waals surface area contributed by atoms with Gasteiger partial charge in [0.1, 0.15) is 5.69 Å². The topological polar surface area (TPSA) is 72.9 Å². The maximum Gasteiger partial charge on any atom is 0.271 e. The van der Waals surface area contributed by atoms with E-state index in [-0.39, 0.29) is 11.9 Å². The molecule has 0 aliphatic rings. The van der Waals surface area contributed by atoms with E-state index in [0.29, 0.717) is 29.5 Å². The number of nitrogen functional groups attached to an aromatic ring is 1. The molecule has 1 amide bonds. The molecule has 0 saturated carbocycles. The van der Waals surface area contributed by atoms with Crippen molar-refractivity contribution in [2.45, 2.75) is 60.0 Å². The number of hydrogen-bond donors (Lipinski definition) is 2. The highest BCUT2D eigenvalue weighted by atomic mass is 16.2. The molecular formula is C14H26N4O. The number of nitrogens with two attached hydrogens (primary N) is 1. The van der Waals surface area contributed by atoms with Gasteiger partial charge in [0.15, 0.2) is 0 Å². The van der Waals surface area contributed by atoms with E-state index in [1.54, 1.807) is 4.68 Å². The lowest BCUT2D eigenvalue weighted by Crippen LogP contribution is -2.34. The number of hydrogen-bond acceptors (Lipinski definition) is 3. The maximum absolute atomic E-state index is 12.3. The third-order valence-electron chi connectivity index (χ3n) is 3.24. The number of carbonyl (C=O) groups is 1. The molecular weight excluding hydrogens is 240 g/mol. The Labute approximate surface area is 115 Å². The summed E-state index contributed by atoms with van der Waals surface area (Å²) in [4.78, 5) is 12.3. The number of rotatable bonds is 6. The van der Waals surface area contributed by atoms with Gasteiger partial charge < -0.3 is 11.1 Å². The van der Waals surface area contributed by atoms with E-state index >= 15 is 0 Å². The van der Waals surface area contributed by atoms with Gasteiger partial charge in [0.25, 0.3) is 5.91 Å². The highest BCUT2D eigenvalue weighted by Crippen LogP contribution is 2.16. The van der Waals surface area contributed by atoms with Gasteiger partial charge in [-0.3, -0.25) is 9.48 Å². The van der Waals surface area contributed by atoms with Crippen molar-refractivity contribution in [3.63, 3.8) is 0 Å². The fourth-order valence-corrected chi connectivity index (χ4v) is 2.01. The van der Waals surface area contributed by atoms with Crippen molar-refractivity contribution in [1.29, 1.82) is 0 Å². The number of nitrogens with one attached hydrogen (secondary N) is 1. The summed E-state index contributed by atoms with van der Waals surface area (Å²) in [7, 11) is 0. The first kappa shape index (κ1) is 15.5. The Bertz CT molecular complexity index is 437. The first-order valence-electron chi connectivity index (χ1n) is 7.00. The van der Waals surface area contributed by atoms with Crippen molar-refractivity contribution in [3.8, 4) is 0 Å². The van der Waals surface area contributed by atoms with Crippen LogP contribution < -0.4 is 11.1 Å². The summed E-state index contributed by atoms with van der Waals surface area (Å²) in [5, 5.41) is 7.26. The van der Waals surface area contributed by atoms with E-state index in [1.165, 1.54) is 0 Å². The van der Waals surface area contributed by atoms with Crippen LogP contribution in [0.15, 0.2) is 0 Å². The maximum atomic E-state index is 12.3. The van der Waals surface area contributed by atoms with Crippen LogP contribution in [-0.4, -0.2) is 21.7 Å². The van der Waals surface area contributed by atoms with Gasteiger partial charge in [-0.2, -0.15) is 5.10 Å². The van der Waals surface area contributed by atoms with Crippen LogP contribution in [0.4, 0.5) is 5.69 Å². The summed E-state index contributed by atoms with van der Waals surface area (Å²) in [6.07, 6.45) is 2.07. The SMILES string of the molecule is CCn1nc(C)c(N)c1C(=O)NC(C)CCC(C)C. The second-order valence-corrected chi connectivity index (χ2v) is 5.51. The number of aryl methyl sites for hydroxylation is 2. The Balaban J connectivity index is 2.73. The Kier molecular flexibility index (Phi) is 5.39. The highest BCUT2D eigenvalue weighted by Gasteiger charge is 2.20. The average molecular weight is 266 g/mol. The Morgan fingerprint density at radius 1 is 1.37 bits per heavy atom. The third kappa shape index (κ3) is 3.98. The van der Waals surface area contributed by atoms with Gasteiger partial charge in [-0.05, 0) is 39.5 Å². The standard InChI is InChI=1S/C14H26N4O/c1-6-18-13(12(15)11(5)17-18)14(19)16-10(4)8-7-9(2)3/h9-10H,6-8,15H2,1-5H3,(H,16,19). The first-order valence-corrected chi connectivity index (χ1v) is 7.00. The van der Waals surface area contributed by atoms with Gasteiger partial charge in [0, 0.05) is 12.6 Å². The molecule has 19 heavy (non-hydrogen) atoms. The fourth-order valence-electron chi connectivity index (χ4n) is 2.01. The second kappa shape index (κ2) is 6.59. The molecule has 0 fully saturated rings. The normalized spacial score (nSPS) is 12.7. The van der Waals surface area contributed by atoms with Gasteiger partial charge in [0.05, 0.1) is 11.4 Å². The number of carbonyl (C=O) groups excluding carboxylic acids is 1. The van der Waals surface area contributed by atoms with Gasteiger partial charge >= 0.3 is 0 Å². The summed E-state index contributed by atoms with van der Waals surface area (Å²) in [6, 6.07) is 0.148. The summed E-state index contributed by atoms with van der Waals surface area (Å²) in [5.41, 5.74) is 7.61. The molecule has 1 aromatic rings. The highest BCUT2D eigenvalue weighted by molar-refractivity contribution is 5.98. The molecule has 0 saturated heterocycles. The lowest BCUT2D eigenvalue weighted by atomic mass is 10.0. The largest absolute Gasteiger partial charge is 0.395 e. The molecule has 0 aliphatic heterocycles. The molecule has 1 aromatic heterocycles. The number of nitrogens with zero attached hydrogens (tertiary/aromatic N) is 2. The van der Waals surface area contributed by atoms with Crippen LogP contribution in [0.5, 0.6) is 0 Å². The molecule has 0 aliphatic carbocycles. The van der Waals surface area contributed by atoms with Crippen molar-refractivity contribution >= 4 is 11.6 Å². The molecule has 108 valence electrons. The first-order chi connectivity index (χ1) is 8.86. The number of anilines is 1. The Hall–Kier alpha value is -1.52. The van der Waals surface area contributed by atoms with E-state index < -0.39 is 0 Å². The van der Waals surface area contributed by atoms with E-state index in [9.17, 15) is 4.79 Å². The summed E-state index contributed by atoms with van der Waals surface area (Å²) in [6.45, 7) is 10.8. The smallest absolute Gasteiger partial charge is 0.271 e. The van der Waals surface area contributed by atoms with Crippen LogP contribution in [0, 0.1) is 12.8 Å². The fraction of sp³-hybridized carbons (Fsp3) is 0.714. The lowest BCUT2D eigenvalue weighted by molar-refractivity contribution is 0.0927. The van der Waals surface area contributed by atoms with Crippen molar-refractivity contribution < 1.29 is 4.79 Å². The van der Waals surface area contributed by atoms with Crippen molar-refractivity contribution in [1.82, 2.24) is 15.1 Å². The Morgan fingerprint density at radius 2 is 2.00 bits per heavy atom. The van der Waals surface area contributed by atoms with E-state index in [2.05, 4.69) is 24.3 Å². The molecule has 1 rings (SSSR count). The van der Waals surface area contributed by atoms with Gasteiger partial charge in [-0.1, -0.05) is 13.8 Å². The monoisotopic (exact) mass is 266 g/mol. The molecule has 1 heterocycles. The van der Waals surface area contributed by atoms with E-state index in [0.717, 1.165) is 12.8 Å². The quantitative estimate of drug-likeness (QED) is 0.830. The number of amides is 1. The second-order valence-electron chi connectivity index (χ2n) is 5.51. The minimum absolute atomic E-state index is 0.129. The molecule has 1 unspecified atom stereocenters. The molecule has 0 spiro atoms. The zero-order valence-electron chi connectivity index (χ0n) is 12.7. The van der Waals surface area contributed by atoms with Crippen molar-refractivity contribution in [2.24, 2.45) is 5.92 Å². The van der Waals surface area contributed by atoms with Gasteiger partial charge in [-0.25, -0.2) is 0 Å². The summed E-state index contributed by atoms with van der Waals surface area (Å²) < 4.78 is 1.66. The molecule has 5 nitrogen and oxygen atoms in total. The molecule has 5 heteroatoms. The van der Waals surface area contributed by atoms with Crippen molar-refractivity contribution in [2.75, 3.05) is 5.73 Å². The van der Waals surface area contributed by atoms with Gasteiger partial charge in [0.2, 0.25) is 0 Å². The predicted molar refractivity (Wildman–Crippen MR) is 78.1 cm³/mol. The molecule has 0 bridgehead atoms. The lowest BCUT2D eigenvalue weighted by Gasteiger charge is -2.15. The molecule has 0 radical (unpaired) electrons. The van der Waals surface area contributed by atoms with Crippen LogP contribution in [0.2, 0.25) is 0 Å². The zero-order chi connectivity index (χ0) is 14.6. The van der Waals surface area contributed by atoms with Crippen LogP contribution >= 0.6 is 0 Å². The summed E-state index contributed by atoms with van der Waals surface area (Å²) >= 11 is 0. The van der Waals surface area contributed by atoms with Crippen LogP contribution in [-0.2, 0) is 6.54 Å². The molecule has 1 atom stereocenters. The molecule has 3 N–H and O–H groups in total. The van der Waals surface area contributed by atoms with Crippen molar-refractivity contribution in [3.05, 3.63) is 11.4 Å². The minimum atomic E-state index is -0.129. The van der Waals surface area contributed by atoms with Crippen LogP contribution in [0.3, 0.4) is 0 Å². The third-order valence-corrected chi connectivity index (χ3v) is 3.24. The van der Waals surface area contributed by atoms with Gasteiger partial charge in [-0.15, -0.1) is 0 Å². The van der Waals surface area contributed by atoms with E-state index in [1.807, 2.05) is 20.8 Å². The number of aromatic nitrogens is 2. The van der Waals surface area contributed by atoms with Crippen LogP contribution in [0.25, 0.3) is 0 Å².